The Morgan fingerprint density at radius 3 is 2.08 bits per heavy atom. The third-order valence-electron chi connectivity index (χ3n) is 5.90. The molecule has 0 saturated carbocycles. The molecule has 0 bridgehead atoms. The Labute approximate surface area is 215 Å². The van der Waals surface area contributed by atoms with Gasteiger partial charge in [0.1, 0.15) is 5.54 Å². The Kier molecular flexibility index (Phi) is 9.62. The first-order chi connectivity index (χ1) is 17.7. The predicted octanol–water partition coefficient (Wildman–Crippen LogP) is 2.93. The maximum atomic E-state index is 13.3. The number of hydrogen-bond donors (Lipinski definition) is 3. The third-order valence-corrected chi connectivity index (χ3v) is 5.90. The number of benzene rings is 2. The van der Waals surface area contributed by atoms with Crippen LogP contribution in [0.25, 0.3) is 0 Å². The van der Waals surface area contributed by atoms with Crippen LogP contribution in [0.5, 0.6) is 0 Å². The molecule has 1 amide bonds. The van der Waals surface area contributed by atoms with Crippen LogP contribution in [0, 0.1) is 23.7 Å². The van der Waals surface area contributed by atoms with E-state index in [9.17, 15) is 18.4 Å². The molecule has 0 unspecified atom stereocenters. The Hall–Kier alpha value is -3.92. The van der Waals surface area contributed by atoms with Crippen LogP contribution in [-0.4, -0.2) is 56.2 Å². The first-order valence-corrected chi connectivity index (χ1v) is 11.7. The molecule has 0 aromatic heterocycles. The fraction of sp³-hybridized carbons (Fsp3) is 0.357. The monoisotopic (exact) mass is 509 g/mol. The topological polar surface area (TPSA) is 103 Å². The van der Waals surface area contributed by atoms with Crippen molar-refractivity contribution in [2.45, 2.75) is 43.8 Å². The molecular weight excluding hydrogens is 480 g/mol. The molecule has 2 aromatic rings. The molecule has 2 aromatic carbocycles. The number of methoxy groups -OCH3 is 1. The molecule has 1 heterocycles. The summed E-state index contributed by atoms with van der Waals surface area (Å²) in [7, 11) is 1.03. The maximum absolute atomic E-state index is 13.3. The van der Waals surface area contributed by atoms with Gasteiger partial charge in [0.05, 0.1) is 7.11 Å². The number of amides is 1. The van der Waals surface area contributed by atoms with Gasteiger partial charge < -0.3 is 25.8 Å². The van der Waals surface area contributed by atoms with E-state index in [4.69, 9.17) is 10.5 Å². The van der Waals surface area contributed by atoms with Crippen LogP contribution in [0.15, 0.2) is 48.5 Å². The van der Waals surface area contributed by atoms with Crippen molar-refractivity contribution >= 4 is 17.6 Å². The molecule has 3 rings (SSSR count). The highest BCUT2D eigenvalue weighted by molar-refractivity contribution is 5.97. The average Bonchev–Trinajstić information content (AvgIpc) is 2.90. The molecule has 1 aliphatic rings. The zero-order valence-electron chi connectivity index (χ0n) is 20.6. The van der Waals surface area contributed by atoms with Gasteiger partial charge >= 0.3 is 5.97 Å². The van der Waals surface area contributed by atoms with Crippen LogP contribution in [0.2, 0.25) is 0 Å². The van der Waals surface area contributed by atoms with E-state index in [1.807, 2.05) is 24.3 Å². The lowest BCUT2D eigenvalue weighted by Gasteiger charge is -2.31. The maximum Gasteiger partial charge on any atom is 0.330 e. The minimum atomic E-state index is -3.07. The summed E-state index contributed by atoms with van der Waals surface area (Å²) in [5.74, 6) is 9.61. The van der Waals surface area contributed by atoms with Gasteiger partial charge in [0.15, 0.2) is 6.04 Å². The fourth-order valence-corrected chi connectivity index (χ4v) is 3.57. The van der Waals surface area contributed by atoms with Gasteiger partial charge in [-0.15, -0.1) is 0 Å². The number of ether oxygens (including phenoxy) is 2. The van der Waals surface area contributed by atoms with Gasteiger partial charge in [-0.1, -0.05) is 11.8 Å². The number of esters is 1. The SMILES string of the molecule is COC(=O)[C@@H](NC(=O)c1ccc(C#CC#Cc2ccc(NC3CCOCC3)cc2)cc1)[C@](C)(N)C(F)F. The van der Waals surface area contributed by atoms with Gasteiger partial charge in [-0.2, -0.15) is 0 Å². The molecule has 194 valence electrons. The van der Waals surface area contributed by atoms with Crippen LogP contribution in [0.4, 0.5) is 14.5 Å². The molecule has 7 nitrogen and oxygen atoms in total. The molecule has 0 radical (unpaired) electrons. The molecule has 0 aliphatic carbocycles. The quantitative estimate of drug-likeness (QED) is 0.392. The van der Waals surface area contributed by atoms with Crippen molar-refractivity contribution < 1.29 is 27.8 Å². The van der Waals surface area contributed by atoms with Crippen molar-refractivity contribution in [2.75, 3.05) is 25.6 Å². The second-order valence-corrected chi connectivity index (χ2v) is 8.78. The molecule has 9 heteroatoms. The molecule has 1 saturated heterocycles. The summed E-state index contributed by atoms with van der Waals surface area (Å²) in [5.41, 5.74) is 5.88. The minimum absolute atomic E-state index is 0.144. The minimum Gasteiger partial charge on any atom is -0.467 e. The van der Waals surface area contributed by atoms with Gasteiger partial charge in [-0.05, 0) is 80.1 Å². The molecular formula is C28H29F2N3O4. The normalized spacial score (nSPS) is 15.7. The van der Waals surface area contributed by atoms with E-state index in [0.29, 0.717) is 11.6 Å². The number of carbonyl (C=O) groups is 2. The van der Waals surface area contributed by atoms with E-state index < -0.39 is 29.9 Å². The third kappa shape index (κ3) is 7.78. The molecule has 1 fully saturated rings. The van der Waals surface area contributed by atoms with Crippen molar-refractivity contribution in [3.8, 4) is 23.7 Å². The molecule has 37 heavy (non-hydrogen) atoms. The van der Waals surface area contributed by atoms with Crippen molar-refractivity contribution in [2.24, 2.45) is 5.73 Å². The van der Waals surface area contributed by atoms with Gasteiger partial charge in [0, 0.05) is 41.6 Å². The van der Waals surface area contributed by atoms with Crippen LogP contribution in [0.1, 0.15) is 41.3 Å². The number of nitrogens with one attached hydrogen (secondary N) is 2. The predicted molar refractivity (Wildman–Crippen MR) is 136 cm³/mol. The van der Waals surface area contributed by atoms with Gasteiger partial charge in [0.25, 0.3) is 12.3 Å². The van der Waals surface area contributed by atoms with Crippen LogP contribution >= 0.6 is 0 Å². The number of halogens is 2. The highest BCUT2D eigenvalue weighted by atomic mass is 19.3. The lowest BCUT2D eigenvalue weighted by Crippen LogP contribution is -2.64. The van der Waals surface area contributed by atoms with E-state index in [1.54, 1.807) is 12.1 Å². The summed E-state index contributed by atoms with van der Waals surface area (Å²) in [6, 6.07) is 12.6. The number of rotatable bonds is 7. The Morgan fingerprint density at radius 1 is 1.03 bits per heavy atom. The van der Waals surface area contributed by atoms with Gasteiger partial charge in [-0.25, -0.2) is 13.6 Å². The first-order valence-electron chi connectivity index (χ1n) is 11.7. The first kappa shape index (κ1) is 27.7. The Balaban J connectivity index is 1.58. The summed E-state index contributed by atoms with van der Waals surface area (Å²) in [4.78, 5) is 24.5. The van der Waals surface area contributed by atoms with E-state index in [-0.39, 0.29) is 5.56 Å². The number of anilines is 1. The average molecular weight is 510 g/mol. The largest absolute Gasteiger partial charge is 0.467 e. The Bertz CT molecular complexity index is 1200. The van der Waals surface area contributed by atoms with Crippen molar-refractivity contribution in [3.63, 3.8) is 0 Å². The Morgan fingerprint density at radius 2 is 1.57 bits per heavy atom. The zero-order valence-corrected chi connectivity index (χ0v) is 20.6. The van der Waals surface area contributed by atoms with Gasteiger partial charge in [0.2, 0.25) is 0 Å². The molecule has 1 aliphatic heterocycles. The van der Waals surface area contributed by atoms with Crippen molar-refractivity contribution in [1.82, 2.24) is 5.32 Å². The fourth-order valence-electron chi connectivity index (χ4n) is 3.57. The zero-order chi connectivity index (χ0) is 26.8. The highest BCUT2D eigenvalue weighted by Crippen LogP contribution is 2.19. The van der Waals surface area contributed by atoms with Crippen LogP contribution in [0.3, 0.4) is 0 Å². The van der Waals surface area contributed by atoms with E-state index in [1.165, 1.54) is 12.1 Å². The smallest absolute Gasteiger partial charge is 0.330 e. The van der Waals surface area contributed by atoms with Crippen LogP contribution in [-0.2, 0) is 14.3 Å². The second-order valence-electron chi connectivity index (χ2n) is 8.78. The van der Waals surface area contributed by atoms with Gasteiger partial charge in [-0.3, -0.25) is 4.79 Å². The highest BCUT2D eigenvalue weighted by Gasteiger charge is 2.45. The summed E-state index contributed by atoms with van der Waals surface area (Å²) >= 11 is 0. The van der Waals surface area contributed by atoms with Crippen molar-refractivity contribution in [3.05, 3.63) is 65.2 Å². The summed E-state index contributed by atoms with van der Waals surface area (Å²) in [6.45, 7) is 2.53. The number of carbonyl (C=O) groups excluding carboxylic acids is 2. The van der Waals surface area contributed by atoms with E-state index >= 15 is 0 Å². The lowest BCUT2D eigenvalue weighted by atomic mass is 9.93. The lowest BCUT2D eigenvalue weighted by molar-refractivity contribution is -0.146. The molecule has 4 N–H and O–H groups in total. The standard InChI is InChI=1S/C28H29F2N3O4/c1-28(31,27(29)30)24(26(35)36-2)33-25(34)21-11-7-19(8-12-21)5-3-4-6-20-9-13-22(14-10-20)32-23-15-17-37-18-16-23/h7-14,23-24,27,32H,15-18,31H2,1-2H3,(H,33,34)/t24-,28+/m1/s1. The summed E-state index contributed by atoms with van der Waals surface area (Å²) < 4.78 is 36.5. The molecule has 2 atom stereocenters. The van der Waals surface area contributed by atoms with Crippen molar-refractivity contribution in [1.29, 1.82) is 0 Å². The summed E-state index contributed by atoms with van der Waals surface area (Å²) in [5, 5.41) is 5.73. The number of hydrogen-bond acceptors (Lipinski definition) is 6. The summed E-state index contributed by atoms with van der Waals surface area (Å²) in [6.07, 6.45) is -1.09. The number of nitrogens with two attached hydrogens (primary N) is 1. The molecule has 0 spiro atoms. The second kappa shape index (κ2) is 12.9. The number of alkyl halides is 2. The van der Waals surface area contributed by atoms with Crippen LogP contribution < -0.4 is 16.4 Å². The van der Waals surface area contributed by atoms with E-state index in [2.05, 4.69) is 39.1 Å². The van der Waals surface area contributed by atoms with E-state index in [0.717, 1.165) is 51.3 Å².